The van der Waals surface area contributed by atoms with Crippen molar-refractivity contribution in [2.75, 3.05) is 0 Å². The number of aliphatic hydroxyl groups excluding tert-OH is 1. The minimum absolute atomic E-state index is 0.270. The molecule has 1 fully saturated rings. The lowest BCUT2D eigenvalue weighted by Gasteiger charge is -2.36. The van der Waals surface area contributed by atoms with Crippen LogP contribution in [-0.4, -0.2) is 39.1 Å². The predicted octanol–water partition coefficient (Wildman–Crippen LogP) is 3.95. The summed E-state index contributed by atoms with van der Waals surface area (Å²) < 4.78 is 11.6. The number of ether oxygens (including phenoxy) is 2. The van der Waals surface area contributed by atoms with Crippen molar-refractivity contribution in [3.8, 4) is 5.75 Å². The molecule has 0 aliphatic carbocycles. The van der Waals surface area contributed by atoms with Gasteiger partial charge in [0.15, 0.2) is 0 Å². The number of aliphatic hydroxyl groups is 1. The first-order valence-electron chi connectivity index (χ1n) is 9.87. The third-order valence-corrected chi connectivity index (χ3v) is 4.92. The Morgan fingerprint density at radius 3 is 2.52 bits per heavy atom. The SMILES string of the molecule is CC(C)(C)OC(O)N1[C@@H](c2cccc(OCc3ccccc3)c2)CC[C@H]1C(=O)O. The molecule has 6 nitrogen and oxygen atoms in total. The molecule has 29 heavy (non-hydrogen) atoms. The molecule has 0 spiro atoms. The smallest absolute Gasteiger partial charge is 0.321 e. The molecule has 1 heterocycles. The molecular formula is C23H29NO5. The van der Waals surface area contributed by atoms with Crippen LogP contribution in [0.5, 0.6) is 5.75 Å². The van der Waals surface area contributed by atoms with Crippen LogP contribution in [0.1, 0.15) is 50.8 Å². The van der Waals surface area contributed by atoms with E-state index in [-0.39, 0.29) is 6.04 Å². The minimum atomic E-state index is -1.31. The van der Waals surface area contributed by atoms with E-state index in [0.29, 0.717) is 25.2 Å². The third kappa shape index (κ3) is 5.56. The molecule has 2 aromatic carbocycles. The molecule has 1 aliphatic heterocycles. The molecule has 0 saturated carbocycles. The molecule has 1 aliphatic rings. The van der Waals surface area contributed by atoms with E-state index in [2.05, 4.69) is 0 Å². The van der Waals surface area contributed by atoms with Gasteiger partial charge in [0.1, 0.15) is 18.4 Å². The summed E-state index contributed by atoms with van der Waals surface area (Å²) in [7, 11) is 0. The summed E-state index contributed by atoms with van der Waals surface area (Å²) in [5.74, 6) is -0.253. The molecule has 0 radical (unpaired) electrons. The van der Waals surface area contributed by atoms with E-state index < -0.39 is 24.0 Å². The predicted molar refractivity (Wildman–Crippen MR) is 109 cm³/mol. The highest BCUT2D eigenvalue weighted by Crippen LogP contribution is 2.39. The van der Waals surface area contributed by atoms with Crippen LogP contribution in [0.4, 0.5) is 0 Å². The fourth-order valence-electron chi connectivity index (χ4n) is 3.66. The number of nitrogens with zero attached hydrogens (tertiary/aromatic N) is 1. The Morgan fingerprint density at radius 2 is 1.86 bits per heavy atom. The second kappa shape index (κ2) is 8.95. The Morgan fingerprint density at radius 1 is 1.14 bits per heavy atom. The number of hydrogen-bond acceptors (Lipinski definition) is 5. The zero-order valence-electron chi connectivity index (χ0n) is 17.1. The highest BCUT2D eigenvalue weighted by Gasteiger charge is 2.43. The first kappa shape index (κ1) is 21.3. The van der Waals surface area contributed by atoms with Gasteiger partial charge in [-0.1, -0.05) is 42.5 Å². The summed E-state index contributed by atoms with van der Waals surface area (Å²) in [5, 5.41) is 20.3. The van der Waals surface area contributed by atoms with Crippen LogP contribution in [-0.2, 0) is 16.1 Å². The average molecular weight is 399 g/mol. The molecule has 1 unspecified atom stereocenters. The van der Waals surface area contributed by atoms with Gasteiger partial charge in [-0.05, 0) is 56.9 Å². The number of carboxylic acid groups (broad SMARTS) is 1. The number of carbonyl (C=O) groups is 1. The summed E-state index contributed by atoms with van der Waals surface area (Å²) >= 11 is 0. The van der Waals surface area contributed by atoms with Crippen molar-refractivity contribution in [2.45, 2.75) is 64.3 Å². The maximum atomic E-state index is 11.8. The number of hydrogen-bond donors (Lipinski definition) is 2. The van der Waals surface area contributed by atoms with Crippen molar-refractivity contribution in [3.05, 3.63) is 65.7 Å². The lowest BCUT2D eigenvalue weighted by molar-refractivity contribution is -0.252. The molecule has 0 amide bonds. The van der Waals surface area contributed by atoms with E-state index >= 15 is 0 Å². The van der Waals surface area contributed by atoms with Crippen molar-refractivity contribution >= 4 is 5.97 Å². The highest BCUT2D eigenvalue weighted by atomic mass is 16.6. The maximum absolute atomic E-state index is 11.8. The summed E-state index contributed by atoms with van der Waals surface area (Å²) in [6, 6.07) is 16.4. The van der Waals surface area contributed by atoms with Gasteiger partial charge in [-0.15, -0.1) is 0 Å². The van der Waals surface area contributed by atoms with Crippen molar-refractivity contribution in [1.82, 2.24) is 4.90 Å². The number of likely N-dealkylation sites (tertiary alicyclic amines) is 1. The van der Waals surface area contributed by atoms with Gasteiger partial charge in [0.05, 0.1) is 5.60 Å². The largest absolute Gasteiger partial charge is 0.489 e. The zero-order valence-corrected chi connectivity index (χ0v) is 17.1. The van der Waals surface area contributed by atoms with Crippen LogP contribution in [0.2, 0.25) is 0 Å². The number of rotatable bonds is 7. The summed E-state index contributed by atoms with van der Waals surface area (Å²) in [5.41, 5.74) is 1.37. The average Bonchev–Trinajstić information content (AvgIpc) is 3.12. The van der Waals surface area contributed by atoms with Crippen LogP contribution in [0.25, 0.3) is 0 Å². The van der Waals surface area contributed by atoms with E-state index in [0.717, 1.165) is 11.1 Å². The number of benzene rings is 2. The number of carboxylic acids is 1. The first-order valence-corrected chi connectivity index (χ1v) is 9.87. The molecular weight excluding hydrogens is 370 g/mol. The van der Waals surface area contributed by atoms with Gasteiger partial charge >= 0.3 is 5.97 Å². The molecule has 2 N–H and O–H groups in total. The first-order chi connectivity index (χ1) is 13.7. The molecule has 0 aromatic heterocycles. The van der Waals surface area contributed by atoms with E-state index in [1.54, 1.807) is 4.90 Å². The quantitative estimate of drug-likeness (QED) is 0.687. The van der Waals surface area contributed by atoms with E-state index in [9.17, 15) is 15.0 Å². The third-order valence-electron chi connectivity index (χ3n) is 4.92. The second-order valence-electron chi connectivity index (χ2n) is 8.30. The summed E-state index contributed by atoms with van der Waals surface area (Å²) in [6.07, 6.45) is -0.249. The molecule has 0 bridgehead atoms. The molecule has 3 rings (SSSR count). The van der Waals surface area contributed by atoms with Crippen LogP contribution in [0, 0.1) is 0 Å². The minimum Gasteiger partial charge on any atom is -0.489 e. The van der Waals surface area contributed by atoms with Gasteiger partial charge in [-0.3, -0.25) is 4.79 Å². The fourth-order valence-corrected chi connectivity index (χ4v) is 3.66. The van der Waals surface area contributed by atoms with E-state index in [4.69, 9.17) is 9.47 Å². The van der Waals surface area contributed by atoms with Crippen molar-refractivity contribution in [2.24, 2.45) is 0 Å². The van der Waals surface area contributed by atoms with Crippen molar-refractivity contribution in [1.29, 1.82) is 0 Å². The Balaban J connectivity index is 1.79. The molecule has 1 saturated heterocycles. The normalized spacial score (nSPS) is 21.1. The van der Waals surface area contributed by atoms with Gasteiger partial charge in [-0.25, -0.2) is 4.90 Å². The Hall–Kier alpha value is -2.41. The lowest BCUT2D eigenvalue weighted by atomic mass is 10.0. The van der Waals surface area contributed by atoms with E-state index in [1.165, 1.54) is 0 Å². The summed E-state index contributed by atoms with van der Waals surface area (Å²) in [4.78, 5) is 13.3. The molecule has 3 atom stereocenters. The zero-order chi connectivity index (χ0) is 21.0. The van der Waals surface area contributed by atoms with Crippen LogP contribution < -0.4 is 4.74 Å². The monoisotopic (exact) mass is 399 g/mol. The summed E-state index contributed by atoms with van der Waals surface area (Å²) in [6.45, 7) is 5.94. The Bertz CT molecular complexity index is 818. The lowest BCUT2D eigenvalue weighted by Crippen LogP contribution is -2.48. The maximum Gasteiger partial charge on any atom is 0.321 e. The highest BCUT2D eigenvalue weighted by molar-refractivity contribution is 5.74. The van der Waals surface area contributed by atoms with Gasteiger partial charge in [0.2, 0.25) is 6.41 Å². The molecule has 2 aromatic rings. The van der Waals surface area contributed by atoms with Gasteiger partial charge in [-0.2, -0.15) is 0 Å². The van der Waals surface area contributed by atoms with Gasteiger partial charge < -0.3 is 19.7 Å². The van der Waals surface area contributed by atoms with E-state index in [1.807, 2.05) is 75.4 Å². The topological polar surface area (TPSA) is 79.2 Å². The van der Waals surface area contributed by atoms with Gasteiger partial charge in [0.25, 0.3) is 0 Å². The second-order valence-corrected chi connectivity index (χ2v) is 8.30. The molecule has 156 valence electrons. The van der Waals surface area contributed by atoms with Crippen LogP contribution >= 0.6 is 0 Å². The van der Waals surface area contributed by atoms with Crippen LogP contribution in [0.15, 0.2) is 54.6 Å². The van der Waals surface area contributed by atoms with Gasteiger partial charge in [0, 0.05) is 6.04 Å². The van der Waals surface area contributed by atoms with Crippen molar-refractivity contribution < 1.29 is 24.5 Å². The standard InChI is InChI=1S/C23H29NO5/c1-23(2,3)29-22(27)24-19(12-13-20(24)21(25)26)17-10-7-11-18(14-17)28-15-16-8-5-4-6-9-16/h4-11,14,19-20,22,27H,12-13,15H2,1-3H3,(H,25,26)/t19-,20+,22?/m1/s1. The van der Waals surface area contributed by atoms with Crippen LogP contribution in [0.3, 0.4) is 0 Å². The Kier molecular flexibility index (Phi) is 6.57. The van der Waals surface area contributed by atoms with Crippen molar-refractivity contribution in [3.63, 3.8) is 0 Å². The molecule has 6 heteroatoms. The number of aliphatic carboxylic acids is 1. The fraction of sp³-hybridized carbons (Fsp3) is 0.435. The Labute approximate surface area is 171 Å².